The Labute approximate surface area is 62.3 Å². The van der Waals surface area contributed by atoms with Crippen LogP contribution in [0.15, 0.2) is 0 Å². The molecule has 2 atom stereocenters. The van der Waals surface area contributed by atoms with E-state index in [9.17, 15) is 0 Å². The van der Waals surface area contributed by atoms with Crippen LogP contribution in [0.25, 0.3) is 0 Å². The fourth-order valence-corrected chi connectivity index (χ4v) is 0.944. The third-order valence-corrected chi connectivity index (χ3v) is 1.44. The lowest BCUT2D eigenvalue weighted by Gasteiger charge is -2.27. The van der Waals surface area contributed by atoms with E-state index in [0.29, 0.717) is 0 Å². The lowest BCUT2D eigenvalue weighted by atomic mass is 10.4. The summed E-state index contributed by atoms with van der Waals surface area (Å²) in [6.45, 7) is 6.05. The van der Waals surface area contributed by atoms with Crippen LogP contribution in [0.1, 0.15) is 27.2 Å². The maximum Gasteiger partial charge on any atom is 0.106 e. The highest BCUT2D eigenvalue weighted by molar-refractivity contribution is 4.56. The quantitative estimate of drug-likeness (QED) is 0.565. The van der Waals surface area contributed by atoms with Gasteiger partial charge < -0.3 is 10.2 Å². The minimum Gasteiger partial charge on any atom is -0.379 e. The molecule has 3 nitrogen and oxygen atoms in total. The van der Waals surface area contributed by atoms with Crippen molar-refractivity contribution in [3.63, 3.8) is 0 Å². The van der Waals surface area contributed by atoms with Crippen molar-refractivity contribution in [1.29, 1.82) is 0 Å². The predicted molar refractivity (Wildman–Crippen MR) is 40.4 cm³/mol. The Bertz CT molecular complexity index is 75.7. The van der Waals surface area contributed by atoms with E-state index in [-0.39, 0.29) is 0 Å². The van der Waals surface area contributed by atoms with Crippen molar-refractivity contribution in [2.45, 2.75) is 39.6 Å². The van der Waals surface area contributed by atoms with Gasteiger partial charge in [-0.15, -0.1) is 0 Å². The molecule has 0 aromatic rings. The maximum absolute atomic E-state index is 9.08. The molecule has 10 heavy (non-hydrogen) atoms. The molecule has 0 bridgehead atoms. The summed E-state index contributed by atoms with van der Waals surface area (Å²) in [5.74, 6) is 0. The van der Waals surface area contributed by atoms with E-state index in [1.807, 2.05) is 6.92 Å². The Morgan fingerprint density at radius 2 is 1.60 bits per heavy atom. The zero-order valence-corrected chi connectivity index (χ0v) is 6.91. The Kier molecular flexibility index (Phi) is 4.60. The van der Waals surface area contributed by atoms with Gasteiger partial charge in [0.05, 0.1) is 0 Å². The molecular weight excluding hydrogens is 130 g/mol. The first-order valence-corrected chi connectivity index (χ1v) is 3.71. The number of aliphatic hydroxyl groups is 2. The van der Waals surface area contributed by atoms with Gasteiger partial charge in [0.25, 0.3) is 0 Å². The normalized spacial score (nSPS) is 17.4. The molecule has 0 rings (SSSR count). The smallest absolute Gasteiger partial charge is 0.106 e. The van der Waals surface area contributed by atoms with Gasteiger partial charge in [-0.3, -0.25) is 4.90 Å². The first-order valence-electron chi connectivity index (χ1n) is 3.71. The number of aliphatic hydroxyl groups excluding tert-OH is 2. The Morgan fingerprint density at radius 3 is 1.70 bits per heavy atom. The van der Waals surface area contributed by atoms with Gasteiger partial charge in [0, 0.05) is 6.54 Å². The highest BCUT2D eigenvalue weighted by Crippen LogP contribution is 2.01. The summed E-state index contributed by atoms with van der Waals surface area (Å²) in [6, 6.07) is 0. The molecule has 0 aliphatic heterocycles. The topological polar surface area (TPSA) is 43.7 Å². The number of nitrogens with zero attached hydrogens (tertiary/aromatic N) is 1. The largest absolute Gasteiger partial charge is 0.379 e. The summed E-state index contributed by atoms with van der Waals surface area (Å²) in [4.78, 5) is 1.62. The first-order chi connectivity index (χ1) is 4.59. The highest BCUT2D eigenvalue weighted by Gasteiger charge is 2.13. The summed E-state index contributed by atoms with van der Waals surface area (Å²) in [5, 5.41) is 18.2. The van der Waals surface area contributed by atoms with E-state index in [4.69, 9.17) is 10.2 Å². The predicted octanol–water partition coefficient (Wildman–Crippen LogP) is 0.375. The van der Waals surface area contributed by atoms with Gasteiger partial charge in [-0.05, 0) is 20.3 Å². The summed E-state index contributed by atoms with van der Waals surface area (Å²) in [5.41, 5.74) is 0. The van der Waals surface area contributed by atoms with E-state index in [2.05, 4.69) is 0 Å². The zero-order valence-electron chi connectivity index (χ0n) is 6.91. The summed E-state index contributed by atoms with van der Waals surface area (Å²) in [7, 11) is 0. The molecule has 0 heterocycles. The molecule has 0 saturated carbocycles. The van der Waals surface area contributed by atoms with Crippen LogP contribution in [0.5, 0.6) is 0 Å². The zero-order chi connectivity index (χ0) is 8.15. The third kappa shape index (κ3) is 3.15. The van der Waals surface area contributed by atoms with Crippen LogP contribution >= 0.6 is 0 Å². The van der Waals surface area contributed by atoms with Crippen molar-refractivity contribution >= 4 is 0 Å². The number of hydrogen-bond donors (Lipinski definition) is 2. The van der Waals surface area contributed by atoms with Crippen molar-refractivity contribution in [3.8, 4) is 0 Å². The molecule has 3 heteroatoms. The second kappa shape index (κ2) is 4.66. The lowest BCUT2D eigenvalue weighted by molar-refractivity contribution is -0.0836. The average Bonchev–Trinajstić information content (AvgIpc) is 1.81. The monoisotopic (exact) mass is 147 g/mol. The van der Waals surface area contributed by atoms with Crippen LogP contribution in [0, 0.1) is 0 Å². The van der Waals surface area contributed by atoms with Gasteiger partial charge in [-0.2, -0.15) is 0 Å². The maximum atomic E-state index is 9.08. The van der Waals surface area contributed by atoms with Crippen LogP contribution < -0.4 is 0 Å². The molecule has 62 valence electrons. The number of hydrogen-bond acceptors (Lipinski definition) is 3. The average molecular weight is 147 g/mol. The Morgan fingerprint density at radius 1 is 1.20 bits per heavy atom. The third-order valence-electron chi connectivity index (χ3n) is 1.44. The minimum atomic E-state index is -0.556. The van der Waals surface area contributed by atoms with Gasteiger partial charge >= 0.3 is 0 Å². The van der Waals surface area contributed by atoms with Gasteiger partial charge in [-0.1, -0.05) is 6.92 Å². The van der Waals surface area contributed by atoms with Crippen molar-refractivity contribution in [1.82, 2.24) is 4.90 Å². The molecular formula is C7H17NO2. The highest BCUT2D eigenvalue weighted by atomic mass is 16.3. The van der Waals surface area contributed by atoms with Gasteiger partial charge in [0.1, 0.15) is 12.5 Å². The van der Waals surface area contributed by atoms with E-state index in [1.54, 1.807) is 18.7 Å². The molecule has 0 fully saturated rings. The van der Waals surface area contributed by atoms with Crippen LogP contribution in [0.3, 0.4) is 0 Å². The number of rotatable bonds is 4. The van der Waals surface area contributed by atoms with Gasteiger partial charge in [0.2, 0.25) is 0 Å². The Hall–Kier alpha value is -0.120. The van der Waals surface area contributed by atoms with Crippen molar-refractivity contribution in [2.24, 2.45) is 0 Å². The van der Waals surface area contributed by atoms with Gasteiger partial charge in [-0.25, -0.2) is 0 Å². The van der Waals surface area contributed by atoms with E-state index in [0.717, 1.165) is 13.0 Å². The van der Waals surface area contributed by atoms with Crippen molar-refractivity contribution in [3.05, 3.63) is 0 Å². The second-order valence-corrected chi connectivity index (χ2v) is 2.50. The second-order valence-electron chi connectivity index (χ2n) is 2.50. The molecule has 0 amide bonds. The molecule has 2 N–H and O–H groups in total. The molecule has 0 aromatic carbocycles. The molecule has 0 aliphatic rings. The molecule has 0 spiro atoms. The van der Waals surface area contributed by atoms with Crippen LogP contribution in [-0.2, 0) is 0 Å². The Balaban J connectivity index is 3.73. The lowest BCUT2D eigenvalue weighted by Crippen LogP contribution is -2.40. The molecule has 0 radical (unpaired) electrons. The first kappa shape index (κ1) is 9.88. The van der Waals surface area contributed by atoms with Gasteiger partial charge in [0.15, 0.2) is 0 Å². The fourth-order valence-electron chi connectivity index (χ4n) is 0.944. The molecule has 2 unspecified atom stereocenters. The summed E-state index contributed by atoms with van der Waals surface area (Å²) >= 11 is 0. The molecule has 0 aromatic heterocycles. The van der Waals surface area contributed by atoms with E-state index in [1.165, 1.54) is 0 Å². The van der Waals surface area contributed by atoms with Crippen LogP contribution in [-0.4, -0.2) is 34.1 Å². The fraction of sp³-hybridized carbons (Fsp3) is 1.00. The van der Waals surface area contributed by atoms with Crippen LogP contribution in [0.4, 0.5) is 0 Å². The molecule has 0 saturated heterocycles. The van der Waals surface area contributed by atoms with E-state index < -0.39 is 12.5 Å². The standard InChI is InChI=1S/C7H17NO2/c1-4-5-8(6(2)9)7(3)10/h6-7,9-10H,4-5H2,1-3H3. The van der Waals surface area contributed by atoms with Crippen LogP contribution in [0.2, 0.25) is 0 Å². The van der Waals surface area contributed by atoms with Crippen molar-refractivity contribution < 1.29 is 10.2 Å². The SMILES string of the molecule is CCCN(C(C)O)C(C)O. The molecule has 0 aliphatic carbocycles. The minimum absolute atomic E-state index is 0.556. The summed E-state index contributed by atoms with van der Waals surface area (Å²) in [6.07, 6.45) is -0.171. The van der Waals surface area contributed by atoms with E-state index >= 15 is 0 Å². The summed E-state index contributed by atoms with van der Waals surface area (Å²) < 4.78 is 0. The van der Waals surface area contributed by atoms with Crippen molar-refractivity contribution in [2.75, 3.05) is 6.54 Å².